The van der Waals surface area contributed by atoms with Gasteiger partial charge in [0.2, 0.25) is 0 Å². The predicted molar refractivity (Wildman–Crippen MR) is 68.3 cm³/mol. The number of benzene rings is 1. The van der Waals surface area contributed by atoms with Gasteiger partial charge in [-0.1, -0.05) is 6.07 Å². The van der Waals surface area contributed by atoms with E-state index in [4.69, 9.17) is 0 Å². The zero-order valence-corrected chi connectivity index (χ0v) is 10.5. The molecule has 2 nitrogen and oxygen atoms in total. The second-order valence-electron chi connectivity index (χ2n) is 4.89. The number of halogens is 2. The second-order valence-corrected chi connectivity index (χ2v) is 4.89. The molecule has 1 heterocycles. The maximum Gasteiger partial charge on any atom is 0.130 e. The number of piperidine rings is 1. The highest BCUT2D eigenvalue weighted by molar-refractivity contribution is 5.18. The van der Waals surface area contributed by atoms with Crippen molar-refractivity contribution in [3.63, 3.8) is 0 Å². The van der Waals surface area contributed by atoms with E-state index < -0.39 is 11.6 Å². The molecule has 0 saturated carbocycles. The van der Waals surface area contributed by atoms with Crippen LogP contribution in [0.1, 0.15) is 24.8 Å². The number of nitrogens with one attached hydrogen (secondary N) is 2. The van der Waals surface area contributed by atoms with Crippen LogP contribution in [0.5, 0.6) is 0 Å². The first-order chi connectivity index (χ1) is 8.75. The minimum absolute atomic E-state index is 0.468. The molecule has 1 aliphatic rings. The smallest absolute Gasteiger partial charge is 0.130 e. The Balaban J connectivity index is 1.68. The number of rotatable bonds is 5. The summed E-state index contributed by atoms with van der Waals surface area (Å²) < 4.78 is 26.1. The third kappa shape index (κ3) is 4.03. The van der Waals surface area contributed by atoms with Gasteiger partial charge in [-0.05, 0) is 50.9 Å². The van der Waals surface area contributed by atoms with E-state index in [2.05, 4.69) is 10.6 Å². The van der Waals surface area contributed by atoms with Gasteiger partial charge in [-0.3, -0.25) is 0 Å². The van der Waals surface area contributed by atoms with Crippen molar-refractivity contribution >= 4 is 0 Å². The highest BCUT2D eigenvalue weighted by Gasteiger charge is 2.12. The molecule has 1 fully saturated rings. The third-order valence-electron chi connectivity index (χ3n) is 3.52. The Bertz CT molecular complexity index is 376. The maximum atomic E-state index is 13.3. The lowest BCUT2D eigenvalue weighted by Crippen LogP contribution is -2.29. The van der Waals surface area contributed by atoms with Crippen LogP contribution in [0.2, 0.25) is 0 Å². The first-order valence-corrected chi connectivity index (χ1v) is 6.61. The largest absolute Gasteiger partial charge is 0.317 e. The highest BCUT2D eigenvalue weighted by atomic mass is 19.1. The lowest BCUT2D eigenvalue weighted by Gasteiger charge is -2.22. The molecule has 1 aromatic carbocycles. The van der Waals surface area contributed by atoms with E-state index in [1.807, 2.05) is 0 Å². The van der Waals surface area contributed by atoms with E-state index >= 15 is 0 Å². The normalized spacial score (nSPS) is 17.0. The molecule has 0 aliphatic carbocycles. The van der Waals surface area contributed by atoms with Gasteiger partial charge in [-0.25, -0.2) is 8.78 Å². The van der Waals surface area contributed by atoms with Gasteiger partial charge in [0, 0.05) is 18.2 Å². The lowest BCUT2D eigenvalue weighted by atomic mass is 9.95. The maximum absolute atomic E-state index is 13.3. The molecular formula is C14H20F2N2. The quantitative estimate of drug-likeness (QED) is 0.789. The molecule has 0 atom stereocenters. The first kappa shape index (κ1) is 13.4. The van der Waals surface area contributed by atoms with Crippen LogP contribution in [0.25, 0.3) is 0 Å². The monoisotopic (exact) mass is 254 g/mol. The molecular weight excluding hydrogens is 234 g/mol. The van der Waals surface area contributed by atoms with Crippen LogP contribution in [0.3, 0.4) is 0 Å². The Morgan fingerprint density at radius 3 is 2.72 bits per heavy atom. The summed E-state index contributed by atoms with van der Waals surface area (Å²) >= 11 is 0. The number of hydrogen-bond acceptors (Lipinski definition) is 2. The van der Waals surface area contributed by atoms with Crippen LogP contribution >= 0.6 is 0 Å². The van der Waals surface area contributed by atoms with Crippen LogP contribution < -0.4 is 10.6 Å². The predicted octanol–water partition coefficient (Wildman–Crippen LogP) is 2.44. The van der Waals surface area contributed by atoms with Gasteiger partial charge in [0.05, 0.1) is 0 Å². The van der Waals surface area contributed by atoms with E-state index in [-0.39, 0.29) is 0 Å². The van der Waals surface area contributed by atoms with Gasteiger partial charge >= 0.3 is 0 Å². The lowest BCUT2D eigenvalue weighted by molar-refractivity contribution is 0.348. The van der Waals surface area contributed by atoms with Gasteiger partial charge < -0.3 is 10.6 Å². The Kier molecular flexibility index (Phi) is 5.08. The van der Waals surface area contributed by atoms with Crippen molar-refractivity contribution in [1.82, 2.24) is 10.6 Å². The van der Waals surface area contributed by atoms with Crippen molar-refractivity contribution in [1.29, 1.82) is 0 Å². The Morgan fingerprint density at radius 1 is 1.22 bits per heavy atom. The van der Waals surface area contributed by atoms with Crippen molar-refractivity contribution in [3.8, 4) is 0 Å². The van der Waals surface area contributed by atoms with Crippen molar-refractivity contribution in [2.75, 3.05) is 19.6 Å². The van der Waals surface area contributed by atoms with Crippen LogP contribution in [0.15, 0.2) is 18.2 Å². The molecule has 0 spiro atoms. The second kappa shape index (κ2) is 6.81. The highest BCUT2D eigenvalue weighted by Crippen LogP contribution is 2.15. The fourth-order valence-corrected chi connectivity index (χ4v) is 2.36. The van der Waals surface area contributed by atoms with Crippen LogP contribution in [0, 0.1) is 17.6 Å². The fraction of sp³-hybridized carbons (Fsp3) is 0.571. The minimum atomic E-state index is -0.522. The van der Waals surface area contributed by atoms with Crippen LogP contribution in [-0.2, 0) is 6.54 Å². The van der Waals surface area contributed by atoms with Gasteiger partial charge in [0.25, 0.3) is 0 Å². The Labute approximate surface area is 107 Å². The first-order valence-electron chi connectivity index (χ1n) is 6.61. The topological polar surface area (TPSA) is 24.1 Å². The summed E-state index contributed by atoms with van der Waals surface area (Å²) in [6, 6.07) is 3.74. The zero-order valence-electron chi connectivity index (χ0n) is 10.5. The summed E-state index contributed by atoms with van der Waals surface area (Å²) in [5, 5.41) is 6.56. The average molecular weight is 254 g/mol. The molecule has 4 heteroatoms. The van der Waals surface area contributed by atoms with E-state index in [0.29, 0.717) is 12.1 Å². The molecule has 0 bridgehead atoms. The summed E-state index contributed by atoms with van der Waals surface area (Å²) in [4.78, 5) is 0. The molecule has 0 radical (unpaired) electrons. The molecule has 100 valence electrons. The van der Waals surface area contributed by atoms with Gasteiger partial charge in [-0.15, -0.1) is 0 Å². The Morgan fingerprint density at radius 2 is 2.00 bits per heavy atom. The van der Waals surface area contributed by atoms with E-state index in [9.17, 15) is 8.78 Å². The summed E-state index contributed by atoms with van der Waals surface area (Å²) in [6.45, 7) is 3.58. The van der Waals surface area contributed by atoms with Crippen molar-refractivity contribution < 1.29 is 8.78 Å². The molecule has 1 aromatic rings. The van der Waals surface area contributed by atoms with E-state index in [0.717, 1.165) is 38.0 Å². The van der Waals surface area contributed by atoms with Crippen LogP contribution in [0.4, 0.5) is 8.78 Å². The van der Waals surface area contributed by atoms with Crippen molar-refractivity contribution in [2.45, 2.75) is 25.8 Å². The van der Waals surface area contributed by atoms with E-state index in [1.165, 1.54) is 25.0 Å². The summed E-state index contributed by atoms with van der Waals surface area (Å²) in [5.74, 6) is -0.216. The van der Waals surface area contributed by atoms with Gasteiger partial charge in [0.1, 0.15) is 11.6 Å². The summed E-state index contributed by atoms with van der Waals surface area (Å²) in [7, 11) is 0. The molecule has 18 heavy (non-hydrogen) atoms. The molecule has 1 aliphatic heterocycles. The zero-order chi connectivity index (χ0) is 12.8. The minimum Gasteiger partial charge on any atom is -0.317 e. The molecule has 2 rings (SSSR count). The molecule has 0 aromatic heterocycles. The van der Waals surface area contributed by atoms with Gasteiger partial charge in [-0.2, -0.15) is 0 Å². The third-order valence-corrected chi connectivity index (χ3v) is 3.52. The standard InChI is InChI=1S/C14H20F2N2/c15-13-2-1-12(14(16)9-13)10-18-8-5-11-3-6-17-7-4-11/h1-2,9,11,17-18H,3-8,10H2. The molecule has 0 unspecified atom stereocenters. The number of hydrogen-bond donors (Lipinski definition) is 2. The van der Waals surface area contributed by atoms with Gasteiger partial charge in [0.15, 0.2) is 0 Å². The molecule has 1 saturated heterocycles. The van der Waals surface area contributed by atoms with E-state index in [1.54, 1.807) is 0 Å². The average Bonchev–Trinajstić information content (AvgIpc) is 2.38. The SMILES string of the molecule is Fc1ccc(CNCCC2CCNCC2)c(F)c1. The van der Waals surface area contributed by atoms with Crippen molar-refractivity contribution in [2.24, 2.45) is 5.92 Å². The molecule has 2 N–H and O–H groups in total. The van der Waals surface area contributed by atoms with Crippen LogP contribution in [-0.4, -0.2) is 19.6 Å². The summed E-state index contributed by atoms with van der Waals surface area (Å²) in [5.41, 5.74) is 0.529. The Hall–Kier alpha value is -1.00. The van der Waals surface area contributed by atoms with Crippen molar-refractivity contribution in [3.05, 3.63) is 35.4 Å². The summed E-state index contributed by atoms with van der Waals surface area (Å²) in [6.07, 6.45) is 3.59. The fourth-order valence-electron chi connectivity index (χ4n) is 2.36. The molecule has 0 amide bonds.